The third-order valence-corrected chi connectivity index (χ3v) is 3.59. The van der Waals surface area contributed by atoms with Crippen molar-refractivity contribution in [3.8, 4) is 22.9 Å². The highest BCUT2D eigenvalue weighted by atomic mass is 16.5. The predicted molar refractivity (Wildman–Crippen MR) is 106 cm³/mol. The summed E-state index contributed by atoms with van der Waals surface area (Å²) in [4.78, 5) is 10.5. The predicted octanol–water partition coefficient (Wildman–Crippen LogP) is 5.17. The lowest BCUT2D eigenvalue weighted by Gasteiger charge is -2.02. The minimum absolute atomic E-state index is 0.256. The molecule has 0 heterocycles. The Labute approximate surface area is 158 Å². The molecule has 0 saturated carbocycles. The van der Waals surface area contributed by atoms with Crippen molar-refractivity contribution in [3.63, 3.8) is 0 Å². The largest absolute Gasteiger partial charge is 0.490 e. The molecule has 0 spiro atoms. The van der Waals surface area contributed by atoms with Gasteiger partial charge in [0, 0.05) is 0 Å². The van der Waals surface area contributed by atoms with Gasteiger partial charge < -0.3 is 9.84 Å². The molecule has 3 aromatic rings. The van der Waals surface area contributed by atoms with E-state index in [-0.39, 0.29) is 5.56 Å². The van der Waals surface area contributed by atoms with Crippen LogP contribution in [-0.2, 0) is 0 Å². The quantitative estimate of drug-likeness (QED) is 0.639. The number of nitriles is 1. The number of carbonyl (C=O) groups is 1. The number of benzene rings is 3. The molecule has 4 heteroatoms. The van der Waals surface area contributed by atoms with Crippen molar-refractivity contribution in [1.29, 1.82) is 5.26 Å². The molecule has 0 radical (unpaired) electrons. The van der Waals surface area contributed by atoms with E-state index in [0.29, 0.717) is 17.9 Å². The van der Waals surface area contributed by atoms with Crippen molar-refractivity contribution in [2.24, 2.45) is 0 Å². The molecule has 0 atom stereocenters. The number of aromatic carboxylic acids is 1. The first kappa shape index (κ1) is 19.5. The van der Waals surface area contributed by atoms with Gasteiger partial charge in [0.15, 0.2) is 0 Å². The van der Waals surface area contributed by atoms with Gasteiger partial charge in [-0.2, -0.15) is 5.26 Å². The highest BCUT2D eigenvalue weighted by Gasteiger charge is 2.01. The summed E-state index contributed by atoms with van der Waals surface area (Å²) in [5.74, 6) is -0.292. The molecule has 0 aromatic heterocycles. The zero-order valence-corrected chi connectivity index (χ0v) is 14.7. The number of rotatable bonds is 5. The van der Waals surface area contributed by atoms with Crippen LogP contribution in [0.4, 0.5) is 0 Å². The molecule has 3 rings (SSSR count). The van der Waals surface area contributed by atoms with E-state index in [1.807, 2.05) is 42.5 Å². The third kappa shape index (κ3) is 6.18. The number of carboxylic acids is 1. The smallest absolute Gasteiger partial charge is 0.335 e. The molecule has 0 bridgehead atoms. The van der Waals surface area contributed by atoms with Crippen LogP contribution in [0.5, 0.6) is 5.75 Å². The number of ether oxygens (including phenoxy) is 1. The molecule has 3 aromatic carbocycles. The van der Waals surface area contributed by atoms with Gasteiger partial charge in [0.2, 0.25) is 0 Å². The molecule has 134 valence electrons. The Hall–Kier alpha value is -3.84. The fraction of sp³-hybridized carbons (Fsp3) is 0.0435. The van der Waals surface area contributed by atoms with Crippen molar-refractivity contribution in [1.82, 2.24) is 0 Å². The summed E-state index contributed by atoms with van der Waals surface area (Å²) in [7, 11) is 0. The van der Waals surface area contributed by atoms with Crippen LogP contribution in [0.15, 0.2) is 91.5 Å². The molecular weight excluding hydrogens is 338 g/mol. The van der Waals surface area contributed by atoms with E-state index in [9.17, 15) is 4.79 Å². The zero-order valence-electron chi connectivity index (χ0n) is 14.7. The van der Waals surface area contributed by atoms with Gasteiger partial charge in [-0.15, -0.1) is 0 Å². The lowest BCUT2D eigenvalue weighted by Crippen LogP contribution is -1.97. The van der Waals surface area contributed by atoms with E-state index >= 15 is 0 Å². The molecule has 1 N–H and O–H groups in total. The average Bonchev–Trinajstić information content (AvgIpc) is 2.73. The zero-order chi connectivity index (χ0) is 19.5. The topological polar surface area (TPSA) is 70.3 Å². The first-order valence-electron chi connectivity index (χ1n) is 8.26. The van der Waals surface area contributed by atoms with E-state index in [0.717, 1.165) is 5.56 Å². The number of hydrogen-bond donors (Lipinski definition) is 1. The summed E-state index contributed by atoms with van der Waals surface area (Å²) in [6.07, 6.45) is 1.63. The first-order chi connectivity index (χ1) is 13.1. The highest BCUT2D eigenvalue weighted by Crippen LogP contribution is 2.18. The second-order valence-corrected chi connectivity index (χ2v) is 5.48. The van der Waals surface area contributed by atoms with Crippen LogP contribution in [0.3, 0.4) is 0 Å². The maximum absolute atomic E-state index is 10.5. The Balaban J connectivity index is 0.000000194. The van der Waals surface area contributed by atoms with E-state index in [1.54, 1.807) is 18.2 Å². The van der Waals surface area contributed by atoms with Gasteiger partial charge in [-0.1, -0.05) is 55.1 Å². The summed E-state index contributed by atoms with van der Waals surface area (Å²) in [6, 6.07) is 26.1. The van der Waals surface area contributed by atoms with Crippen LogP contribution in [0.1, 0.15) is 15.9 Å². The Morgan fingerprint density at radius 3 is 2.07 bits per heavy atom. The van der Waals surface area contributed by atoms with Crippen molar-refractivity contribution in [3.05, 3.63) is 103 Å². The molecule has 0 aliphatic carbocycles. The van der Waals surface area contributed by atoms with Gasteiger partial charge in [-0.05, 0) is 47.5 Å². The van der Waals surface area contributed by atoms with Crippen molar-refractivity contribution >= 4 is 5.97 Å². The lowest BCUT2D eigenvalue weighted by atomic mass is 10.0. The van der Waals surface area contributed by atoms with Crippen molar-refractivity contribution < 1.29 is 14.6 Å². The van der Waals surface area contributed by atoms with E-state index in [4.69, 9.17) is 15.1 Å². The van der Waals surface area contributed by atoms with Crippen molar-refractivity contribution in [2.75, 3.05) is 6.61 Å². The van der Waals surface area contributed by atoms with Crippen LogP contribution in [0.25, 0.3) is 11.1 Å². The Bertz CT molecular complexity index is 909. The molecule has 0 aliphatic rings. The standard InChI is InChI=1S/C13H9N.C10H10O3/c14-10-11-6-8-13(9-7-11)12-4-2-1-3-5-12;1-2-7-13-9-5-3-8(4-6-9)10(11)12/h1-9H;2-6H,1,7H2,(H,11,12). The SMILES string of the molecule is C=CCOc1ccc(C(=O)O)cc1.N#Cc1ccc(-c2ccccc2)cc1. The average molecular weight is 357 g/mol. The number of nitrogens with zero attached hydrogens (tertiary/aromatic N) is 1. The number of hydrogen-bond acceptors (Lipinski definition) is 3. The van der Waals surface area contributed by atoms with Gasteiger partial charge in [0.25, 0.3) is 0 Å². The molecule has 0 saturated heterocycles. The lowest BCUT2D eigenvalue weighted by molar-refractivity contribution is 0.0697. The van der Waals surface area contributed by atoms with Crippen LogP contribution in [-0.4, -0.2) is 17.7 Å². The van der Waals surface area contributed by atoms with Crippen LogP contribution < -0.4 is 4.74 Å². The molecule has 0 amide bonds. The maximum atomic E-state index is 10.5. The van der Waals surface area contributed by atoms with Gasteiger partial charge in [0.1, 0.15) is 12.4 Å². The molecule has 0 fully saturated rings. The van der Waals surface area contributed by atoms with Gasteiger partial charge in [-0.3, -0.25) is 0 Å². The fourth-order valence-electron chi connectivity index (χ4n) is 2.22. The Morgan fingerprint density at radius 2 is 1.56 bits per heavy atom. The van der Waals surface area contributed by atoms with E-state index in [2.05, 4.69) is 24.8 Å². The minimum atomic E-state index is -0.935. The normalized spacial score (nSPS) is 9.30. The second-order valence-electron chi connectivity index (χ2n) is 5.48. The molecule has 27 heavy (non-hydrogen) atoms. The first-order valence-corrected chi connectivity index (χ1v) is 8.26. The fourth-order valence-corrected chi connectivity index (χ4v) is 2.22. The van der Waals surface area contributed by atoms with E-state index in [1.165, 1.54) is 17.7 Å². The second kappa shape index (κ2) is 10.2. The summed E-state index contributed by atoms with van der Waals surface area (Å²) in [5, 5.41) is 17.2. The van der Waals surface area contributed by atoms with Gasteiger partial charge in [0.05, 0.1) is 17.2 Å². The highest BCUT2D eigenvalue weighted by molar-refractivity contribution is 5.87. The Morgan fingerprint density at radius 1 is 0.963 bits per heavy atom. The van der Waals surface area contributed by atoms with Crippen molar-refractivity contribution in [2.45, 2.75) is 0 Å². The molecule has 4 nitrogen and oxygen atoms in total. The van der Waals surface area contributed by atoms with E-state index < -0.39 is 5.97 Å². The summed E-state index contributed by atoms with van der Waals surface area (Å²) >= 11 is 0. The molecule has 0 unspecified atom stereocenters. The van der Waals surface area contributed by atoms with Gasteiger partial charge >= 0.3 is 5.97 Å². The van der Waals surface area contributed by atoms with Crippen LogP contribution in [0.2, 0.25) is 0 Å². The molecular formula is C23H19NO3. The summed E-state index contributed by atoms with van der Waals surface area (Å²) in [5.41, 5.74) is 3.28. The summed E-state index contributed by atoms with van der Waals surface area (Å²) < 4.78 is 5.18. The van der Waals surface area contributed by atoms with Gasteiger partial charge in [-0.25, -0.2) is 4.79 Å². The maximum Gasteiger partial charge on any atom is 0.335 e. The third-order valence-electron chi connectivity index (χ3n) is 3.59. The summed E-state index contributed by atoms with van der Waals surface area (Å²) in [6.45, 7) is 3.93. The monoisotopic (exact) mass is 357 g/mol. The Kier molecular flexibility index (Phi) is 7.37. The molecule has 0 aliphatic heterocycles. The minimum Gasteiger partial charge on any atom is -0.490 e. The van der Waals surface area contributed by atoms with Crippen LogP contribution in [0, 0.1) is 11.3 Å². The number of carboxylic acid groups (broad SMARTS) is 1. The van der Waals surface area contributed by atoms with Crippen LogP contribution >= 0.6 is 0 Å².